The molecule has 0 radical (unpaired) electrons. The van der Waals surface area contributed by atoms with E-state index in [1.807, 2.05) is 13.8 Å². The van der Waals surface area contributed by atoms with Gasteiger partial charge < -0.3 is 26.8 Å². The van der Waals surface area contributed by atoms with Gasteiger partial charge in [-0.2, -0.15) is 12.6 Å². The van der Waals surface area contributed by atoms with Crippen LogP contribution >= 0.6 is 12.6 Å². The van der Waals surface area contributed by atoms with Gasteiger partial charge in [0.2, 0.25) is 17.7 Å². The number of carboxylic acid groups (broad SMARTS) is 1. The van der Waals surface area contributed by atoms with Gasteiger partial charge in [-0.25, -0.2) is 4.79 Å². The minimum atomic E-state index is -1.16. The van der Waals surface area contributed by atoms with Gasteiger partial charge in [0.25, 0.3) is 0 Å². The summed E-state index contributed by atoms with van der Waals surface area (Å²) in [6.07, 6.45) is 0.712. The monoisotopic (exact) mass is 404 g/mol. The summed E-state index contributed by atoms with van der Waals surface area (Å²) in [4.78, 5) is 47.8. The number of rotatable bonds is 11. The predicted molar refractivity (Wildman–Crippen MR) is 105 cm³/mol. The molecular formula is C17H32N4O5S. The molecule has 27 heavy (non-hydrogen) atoms. The molecule has 6 N–H and O–H groups in total. The van der Waals surface area contributed by atoms with E-state index in [4.69, 9.17) is 10.8 Å². The summed E-state index contributed by atoms with van der Waals surface area (Å²) in [5, 5.41) is 16.5. The van der Waals surface area contributed by atoms with Gasteiger partial charge >= 0.3 is 5.97 Å². The first-order valence-electron chi connectivity index (χ1n) is 8.96. The van der Waals surface area contributed by atoms with Crippen molar-refractivity contribution >= 4 is 36.3 Å². The van der Waals surface area contributed by atoms with E-state index in [-0.39, 0.29) is 17.6 Å². The van der Waals surface area contributed by atoms with E-state index in [2.05, 4.69) is 28.6 Å². The molecule has 0 rings (SSSR count). The van der Waals surface area contributed by atoms with Crippen LogP contribution in [-0.2, 0) is 19.2 Å². The average Bonchev–Trinajstić information content (AvgIpc) is 2.61. The first-order valence-corrected chi connectivity index (χ1v) is 9.59. The maximum Gasteiger partial charge on any atom is 0.326 e. The van der Waals surface area contributed by atoms with Gasteiger partial charge in [0.05, 0.1) is 6.04 Å². The van der Waals surface area contributed by atoms with Gasteiger partial charge in [0, 0.05) is 5.75 Å². The van der Waals surface area contributed by atoms with Gasteiger partial charge in [-0.3, -0.25) is 14.4 Å². The highest BCUT2D eigenvalue weighted by atomic mass is 32.1. The lowest BCUT2D eigenvalue weighted by molar-refractivity contribution is -0.143. The van der Waals surface area contributed by atoms with Gasteiger partial charge in [-0.1, -0.05) is 34.1 Å². The lowest BCUT2D eigenvalue weighted by Gasteiger charge is -2.24. The Morgan fingerprint density at radius 2 is 1.52 bits per heavy atom. The quantitative estimate of drug-likeness (QED) is 0.256. The van der Waals surface area contributed by atoms with E-state index >= 15 is 0 Å². The van der Waals surface area contributed by atoms with Gasteiger partial charge in [-0.15, -0.1) is 0 Å². The second-order valence-corrected chi connectivity index (χ2v) is 7.32. The van der Waals surface area contributed by atoms with Crippen LogP contribution in [0.3, 0.4) is 0 Å². The molecule has 0 aromatic heterocycles. The van der Waals surface area contributed by atoms with E-state index in [0.717, 1.165) is 0 Å². The van der Waals surface area contributed by atoms with Crippen molar-refractivity contribution in [2.24, 2.45) is 17.6 Å². The summed E-state index contributed by atoms with van der Waals surface area (Å²) < 4.78 is 0. The topological polar surface area (TPSA) is 151 Å². The number of nitrogens with one attached hydrogen (secondary N) is 3. The van der Waals surface area contributed by atoms with Crippen LogP contribution in [0.25, 0.3) is 0 Å². The Bertz CT molecular complexity index is 543. The highest BCUT2D eigenvalue weighted by Gasteiger charge is 2.29. The third kappa shape index (κ3) is 8.17. The summed E-state index contributed by atoms with van der Waals surface area (Å²) in [7, 11) is 0. The zero-order chi connectivity index (χ0) is 21.3. The van der Waals surface area contributed by atoms with Crippen molar-refractivity contribution in [3.05, 3.63) is 0 Å². The number of hydrogen-bond acceptors (Lipinski definition) is 6. The van der Waals surface area contributed by atoms with Crippen LogP contribution in [0.4, 0.5) is 0 Å². The SMILES string of the molecule is CCC(C)C(N)C(=O)NC(CS)C(=O)NC(C)C(=O)NC(C(=O)O)C(C)C. The Balaban J connectivity index is 4.84. The van der Waals surface area contributed by atoms with Crippen molar-refractivity contribution in [1.82, 2.24) is 16.0 Å². The standard InChI is InChI=1S/C17H32N4O5S/c1-6-9(4)12(18)16(24)20-11(7-27)15(23)19-10(5)14(22)21-13(8(2)3)17(25)26/h8-13,27H,6-7,18H2,1-5H3,(H,19,23)(H,20,24)(H,21,22)(H,25,26). The molecule has 156 valence electrons. The Labute approximate surface area is 165 Å². The average molecular weight is 405 g/mol. The van der Waals surface area contributed by atoms with Gasteiger partial charge in [0.1, 0.15) is 18.1 Å². The van der Waals surface area contributed by atoms with Crippen molar-refractivity contribution in [3.63, 3.8) is 0 Å². The Morgan fingerprint density at radius 1 is 0.963 bits per heavy atom. The number of carbonyl (C=O) groups is 4. The zero-order valence-electron chi connectivity index (χ0n) is 16.5. The molecule has 10 heteroatoms. The van der Waals surface area contributed by atoms with Crippen LogP contribution in [0.5, 0.6) is 0 Å². The Hall–Kier alpha value is -1.81. The van der Waals surface area contributed by atoms with Crippen LogP contribution in [0.1, 0.15) is 41.0 Å². The second kappa shape index (κ2) is 11.8. The molecule has 0 heterocycles. The lowest BCUT2D eigenvalue weighted by atomic mass is 9.99. The highest BCUT2D eigenvalue weighted by Crippen LogP contribution is 2.06. The molecule has 0 aromatic carbocycles. The fourth-order valence-corrected chi connectivity index (χ4v) is 2.40. The maximum atomic E-state index is 12.3. The summed E-state index contributed by atoms with van der Waals surface area (Å²) in [6.45, 7) is 8.49. The van der Waals surface area contributed by atoms with Gasteiger partial charge in [0.15, 0.2) is 0 Å². The fourth-order valence-electron chi connectivity index (χ4n) is 2.15. The van der Waals surface area contributed by atoms with E-state index < -0.39 is 47.9 Å². The Morgan fingerprint density at radius 3 is 1.93 bits per heavy atom. The molecule has 5 unspecified atom stereocenters. The lowest BCUT2D eigenvalue weighted by Crippen LogP contribution is -2.57. The highest BCUT2D eigenvalue weighted by molar-refractivity contribution is 7.80. The minimum Gasteiger partial charge on any atom is -0.480 e. The third-order valence-corrected chi connectivity index (χ3v) is 4.72. The second-order valence-electron chi connectivity index (χ2n) is 6.95. The summed E-state index contributed by atoms with van der Waals surface area (Å²) in [5.74, 6) is -3.22. The molecule has 5 atom stereocenters. The van der Waals surface area contributed by atoms with Crippen LogP contribution in [-0.4, -0.2) is 58.7 Å². The molecule has 0 aromatic rings. The van der Waals surface area contributed by atoms with E-state index in [0.29, 0.717) is 6.42 Å². The zero-order valence-corrected chi connectivity index (χ0v) is 17.4. The van der Waals surface area contributed by atoms with Crippen LogP contribution < -0.4 is 21.7 Å². The fraction of sp³-hybridized carbons (Fsp3) is 0.765. The molecular weight excluding hydrogens is 372 g/mol. The number of amides is 3. The molecule has 3 amide bonds. The van der Waals surface area contributed by atoms with Crippen molar-refractivity contribution in [2.75, 3.05) is 5.75 Å². The van der Waals surface area contributed by atoms with E-state index in [9.17, 15) is 19.2 Å². The molecule has 0 saturated heterocycles. The number of carbonyl (C=O) groups excluding carboxylic acids is 3. The van der Waals surface area contributed by atoms with Crippen LogP contribution in [0.15, 0.2) is 0 Å². The normalized spacial score (nSPS) is 16.6. The summed E-state index contributed by atoms with van der Waals surface area (Å²) >= 11 is 4.06. The summed E-state index contributed by atoms with van der Waals surface area (Å²) in [5.41, 5.74) is 5.85. The van der Waals surface area contributed by atoms with Crippen LogP contribution in [0, 0.1) is 11.8 Å². The van der Waals surface area contributed by atoms with Crippen molar-refractivity contribution < 1.29 is 24.3 Å². The smallest absolute Gasteiger partial charge is 0.326 e. The maximum absolute atomic E-state index is 12.3. The molecule has 0 spiro atoms. The van der Waals surface area contributed by atoms with Crippen molar-refractivity contribution in [3.8, 4) is 0 Å². The predicted octanol–water partition coefficient (Wildman–Crippen LogP) is -0.495. The molecule has 0 bridgehead atoms. The molecule has 0 fully saturated rings. The molecule has 0 saturated carbocycles. The van der Waals surface area contributed by atoms with Crippen molar-refractivity contribution in [1.29, 1.82) is 0 Å². The first kappa shape index (κ1) is 25.2. The van der Waals surface area contributed by atoms with Crippen LogP contribution in [0.2, 0.25) is 0 Å². The number of thiol groups is 1. The molecule has 0 aliphatic rings. The third-order valence-electron chi connectivity index (χ3n) is 4.36. The Kier molecular flexibility index (Phi) is 11.0. The number of carboxylic acids is 1. The van der Waals surface area contributed by atoms with E-state index in [1.54, 1.807) is 13.8 Å². The number of hydrogen-bond donors (Lipinski definition) is 6. The molecule has 0 aliphatic carbocycles. The first-order chi connectivity index (χ1) is 12.5. The summed E-state index contributed by atoms with van der Waals surface area (Å²) in [6, 6.07) is -3.77. The van der Waals surface area contributed by atoms with E-state index in [1.165, 1.54) is 6.92 Å². The minimum absolute atomic E-state index is 0.0167. The van der Waals surface area contributed by atoms with Gasteiger partial charge in [-0.05, 0) is 18.8 Å². The molecule has 9 nitrogen and oxygen atoms in total. The largest absolute Gasteiger partial charge is 0.480 e. The number of nitrogens with two attached hydrogens (primary N) is 1. The molecule has 0 aliphatic heterocycles. The van der Waals surface area contributed by atoms with Crippen molar-refractivity contribution in [2.45, 2.75) is 65.2 Å². The number of aliphatic carboxylic acids is 1.